The summed E-state index contributed by atoms with van der Waals surface area (Å²) in [4.78, 5) is 50.8. The number of esters is 2. The number of aromatic amines is 1. The molecule has 31 heavy (non-hydrogen) atoms. The number of benzene rings is 1. The second-order valence-corrected chi connectivity index (χ2v) is 6.64. The molecule has 0 bridgehead atoms. The van der Waals surface area contributed by atoms with Crippen LogP contribution < -0.4 is 9.47 Å². The minimum atomic E-state index is -0.766. The summed E-state index contributed by atoms with van der Waals surface area (Å²) in [5.74, 6) is -1.37. The van der Waals surface area contributed by atoms with Crippen LogP contribution in [0.1, 0.15) is 56.3 Å². The molecule has 9 heteroatoms. The highest BCUT2D eigenvalue weighted by Gasteiger charge is 2.23. The van der Waals surface area contributed by atoms with E-state index in [1.807, 2.05) is 0 Å². The highest BCUT2D eigenvalue weighted by Crippen LogP contribution is 2.28. The zero-order chi connectivity index (χ0) is 23.1. The Kier molecular flexibility index (Phi) is 7.95. The normalized spacial score (nSPS) is 10.4. The number of hydrogen-bond acceptors (Lipinski definition) is 8. The van der Waals surface area contributed by atoms with Gasteiger partial charge in [0.2, 0.25) is 5.78 Å². The molecule has 2 aromatic rings. The van der Waals surface area contributed by atoms with E-state index in [1.54, 1.807) is 26.8 Å². The molecule has 9 nitrogen and oxygen atoms in total. The Morgan fingerprint density at radius 1 is 1.00 bits per heavy atom. The lowest BCUT2D eigenvalue weighted by Gasteiger charge is -2.11. The summed E-state index contributed by atoms with van der Waals surface area (Å²) in [6.07, 6.45) is 0. The first-order valence-electron chi connectivity index (χ1n) is 9.56. The maximum atomic E-state index is 12.4. The molecule has 0 radical (unpaired) electrons. The van der Waals surface area contributed by atoms with Crippen molar-refractivity contribution in [1.29, 1.82) is 0 Å². The van der Waals surface area contributed by atoms with Crippen molar-refractivity contribution in [2.75, 3.05) is 26.9 Å². The zero-order valence-electron chi connectivity index (χ0n) is 18.1. The Morgan fingerprint density at radius 2 is 1.71 bits per heavy atom. The Hall–Kier alpha value is -3.62. The third kappa shape index (κ3) is 5.71. The number of carbonyl (C=O) groups excluding carboxylic acids is 4. The van der Waals surface area contributed by atoms with Gasteiger partial charge in [0.1, 0.15) is 0 Å². The van der Waals surface area contributed by atoms with E-state index in [9.17, 15) is 19.2 Å². The topological polar surface area (TPSA) is 121 Å². The Morgan fingerprint density at radius 3 is 2.32 bits per heavy atom. The fourth-order valence-corrected chi connectivity index (χ4v) is 2.94. The fraction of sp³-hybridized carbons (Fsp3) is 0.364. The SMILES string of the molecule is CCOC(=O)c1c(C)[nH]c(C(=O)COC(=O)COc2ccc(C(C)=O)cc2OC)c1C. The van der Waals surface area contributed by atoms with Gasteiger partial charge in [0, 0.05) is 11.3 Å². The molecule has 1 N–H and O–H groups in total. The first-order valence-corrected chi connectivity index (χ1v) is 9.56. The van der Waals surface area contributed by atoms with E-state index in [1.165, 1.54) is 26.2 Å². The quantitative estimate of drug-likeness (QED) is 0.450. The van der Waals surface area contributed by atoms with E-state index in [4.69, 9.17) is 18.9 Å². The number of H-pyrrole nitrogens is 1. The van der Waals surface area contributed by atoms with E-state index in [-0.39, 0.29) is 23.8 Å². The molecule has 0 aliphatic rings. The lowest BCUT2D eigenvalue weighted by molar-refractivity contribution is -0.144. The minimum absolute atomic E-state index is 0.135. The molecule has 0 saturated carbocycles. The third-order valence-electron chi connectivity index (χ3n) is 4.48. The van der Waals surface area contributed by atoms with Crippen molar-refractivity contribution in [3.05, 3.63) is 46.3 Å². The van der Waals surface area contributed by atoms with Gasteiger partial charge in [0.15, 0.2) is 30.5 Å². The van der Waals surface area contributed by atoms with Crippen LogP contribution >= 0.6 is 0 Å². The predicted octanol–water partition coefficient (Wildman–Crippen LogP) is 2.82. The van der Waals surface area contributed by atoms with Crippen molar-refractivity contribution in [3.8, 4) is 11.5 Å². The molecule has 1 aromatic carbocycles. The minimum Gasteiger partial charge on any atom is -0.493 e. The van der Waals surface area contributed by atoms with Crippen LogP contribution in [0.4, 0.5) is 0 Å². The van der Waals surface area contributed by atoms with Gasteiger partial charge >= 0.3 is 11.9 Å². The summed E-state index contributed by atoms with van der Waals surface area (Å²) in [5, 5.41) is 0. The Bertz CT molecular complexity index is 1010. The highest BCUT2D eigenvalue weighted by atomic mass is 16.6. The van der Waals surface area contributed by atoms with Crippen molar-refractivity contribution in [2.45, 2.75) is 27.7 Å². The molecule has 0 fully saturated rings. The molecule has 2 rings (SSSR count). The van der Waals surface area contributed by atoms with Crippen LogP contribution in [-0.4, -0.2) is 55.4 Å². The van der Waals surface area contributed by atoms with Gasteiger partial charge in [-0.25, -0.2) is 9.59 Å². The zero-order valence-corrected chi connectivity index (χ0v) is 18.1. The first kappa shape index (κ1) is 23.7. The van der Waals surface area contributed by atoms with Gasteiger partial charge in [-0.15, -0.1) is 0 Å². The molecule has 0 atom stereocenters. The van der Waals surface area contributed by atoms with Crippen LogP contribution in [0.15, 0.2) is 18.2 Å². The number of ether oxygens (including phenoxy) is 4. The van der Waals surface area contributed by atoms with Crippen LogP contribution in [0.5, 0.6) is 11.5 Å². The largest absolute Gasteiger partial charge is 0.493 e. The number of hydrogen-bond donors (Lipinski definition) is 1. The summed E-state index contributed by atoms with van der Waals surface area (Å²) in [6, 6.07) is 4.56. The summed E-state index contributed by atoms with van der Waals surface area (Å²) >= 11 is 0. The Balaban J connectivity index is 1.96. The summed E-state index contributed by atoms with van der Waals surface area (Å²) in [6.45, 7) is 5.62. The lowest BCUT2D eigenvalue weighted by Crippen LogP contribution is -2.20. The number of nitrogens with one attached hydrogen (secondary N) is 1. The van der Waals surface area contributed by atoms with E-state index in [0.717, 1.165) is 0 Å². The number of Topliss-reactive ketones (excluding diaryl/α,β-unsaturated/α-hetero) is 2. The second kappa shape index (κ2) is 10.4. The van der Waals surface area contributed by atoms with Crippen molar-refractivity contribution >= 4 is 23.5 Å². The second-order valence-electron chi connectivity index (χ2n) is 6.64. The molecule has 0 aliphatic carbocycles. The standard InChI is InChI=1S/C22H25NO8/c1-6-29-22(27)20-12(2)21(23-13(20)3)16(25)10-31-19(26)11-30-17-8-7-15(14(4)24)9-18(17)28-5/h7-9,23H,6,10-11H2,1-5H3. The van der Waals surface area contributed by atoms with Gasteiger partial charge in [-0.1, -0.05) is 0 Å². The van der Waals surface area contributed by atoms with Gasteiger partial charge in [-0.05, 0) is 51.5 Å². The predicted molar refractivity (Wildman–Crippen MR) is 110 cm³/mol. The Labute approximate surface area is 179 Å². The molecular formula is C22H25NO8. The van der Waals surface area contributed by atoms with Crippen LogP contribution in [0.25, 0.3) is 0 Å². The van der Waals surface area contributed by atoms with E-state index in [0.29, 0.717) is 28.1 Å². The summed E-state index contributed by atoms with van der Waals surface area (Å²) in [5.41, 5.74) is 1.84. The maximum absolute atomic E-state index is 12.4. The maximum Gasteiger partial charge on any atom is 0.344 e. The molecule has 166 valence electrons. The molecular weight excluding hydrogens is 406 g/mol. The molecule has 0 saturated heterocycles. The van der Waals surface area contributed by atoms with Crippen molar-refractivity contribution in [3.63, 3.8) is 0 Å². The molecule has 1 heterocycles. The van der Waals surface area contributed by atoms with Crippen LogP contribution in [0.2, 0.25) is 0 Å². The number of carbonyl (C=O) groups is 4. The van der Waals surface area contributed by atoms with Crippen LogP contribution in [0, 0.1) is 13.8 Å². The van der Waals surface area contributed by atoms with Gasteiger partial charge < -0.3 is 23.9 Å². The van der Waals surface area contributed by atoms with Crippen LogP contribution in [-0.2, 0) is 14.3 Å². The average molecular weight is 431 g/mol. The smallest absolute Gasteiger partial charge is 0.344 e. The van der Waals surface area contributed by atoms with Gasteiger partial charge in [0.25, 0.3) is 0 Å². The summed E-state index contributed by atoms with van der Waals surface area (Å²) < 4.78 is 20.5. The van der Waals surface area contributed by atoms with Gasteiger partial charge in [0.05, 0.1) is 25.0 Å². The number of ketones is 2. The summed E-state index contributed by atoms with van der Waals surface area (Å²) in [7, 11) is 1.41. The number of aromatic nitrogens is 1. The third-order valence-corrected chi connectivity index (χ3v) is 4.48. The van der Waals surface area contributed by atoms with E-state index < -0.39 is 30.9 Å². The van der Waals surface area contributed by atoms with Crippen molar-refractivity contribution < 1.29 is 38.1 Å². The molecule has 0 unspecified atom stereocenters. The molecule has 0 aliphatic heterocycles. The van der Waals surface area contributed by atoms with Crippen molar-refractivity contribution in [2.24, 2.45) is 0 Å². The van der Waals surface area contributed by atoms with Gasteiger partial charge in [-0.2, -0.15) is 0 Å². The highest BCUT2D eigenvalue weighted by molar-refractivity contribution is 6.02. The van der Waals surface area contributed by atoms with Crippen molar-refractivity contribution in [1.82, 2.24) is 4.98 Å². The monoisotopic (exact) mass is 431 g/mol. The van der Waals surface area contributed by atoms with E-state index >= 15 is 0 Å². The molecule has 1 aromatic heterocycles. The number of rotatable bonds is 10. The lowest BCUT2D eigenvalue weighted by atomic mass is 10.1. The number of methoxy groups -OCH3 is 1. The molecule has 0 spiro atoms. The molecule has 0 amide bonds. The number of aryl methyl sites for hydroxylation is 1. The first-order chi connectivity index (χ1) is 14.7. The average Bonchev–Trinajstić information content (AvgIpc) is 3.04. The van der Waals surface area contributed by atoms with Gasteiger partial charge in [-0.3, -0.25) is 9.59 Å². The van der Waals surface area contributed by atoms with E-state index in [2.05, 4.69) is 4.98 Å². The fourth-order valence-electron chi connectivity index (χ4n) is 2.94. The van der Waals surface area contributed by atoms with Crippen LogP contribution in [0.3, 0.4) is 0 Å².